The lowest BCUT2D eigenvalue weighted by Gasteiger charge is -2.32. The molecule has 3 rings (SSSR count). The van der Waals surface area contributed by atoms with Crippen molar-refractivity contribution in [2.75, 3.05) is 6.61 Å². The third kappa shape index (κ3) is 3.59. The molecule has 0 atom stereocenters. The third-order valence-corrected chi connectivity index (χ3v) is 4.85. The molecule has 1 aromatic carbocycles. The number of halogens is 3. The van der Waals surface area contributed by atoms with E-state index in [1.807, 2.05) is 27.7 Å². The maximum absolute atomic E-state index is 12.3. The highest BCUT2D eigenvalue weighted by Gasteiger charge is 2.52. The van der Waals surface area contributed by atoms with Gasteiger partial charge in [-0.3, -0.25) is 4.98 Å². The molecular formula is C17H19BClF2NO3. The van der Waals surface area contributed by atoms with Crippen molar-refractivity contribution in [2.45, 2.75) is 45.3 Å². The topological polar surface area (TPSA) is 40.6 Å². The fraction of sp³-hybridized carbons (Fsp3) is 0.471. The highest BCUT2D eigenvalue weighted by atomic mass is 35.5. The molecule has 0 bridgehead atoms. The Bertz CT molecular complexity index is 785. The zero-order valence-electron chi connectivity index (χ0n) is 14.5. The molecule has 2 heterocycles. The molecule has 4 nitrogen and oxygen atoms in total. The van der Waals surface area contributed by atoms with Crippen molar-refractivity contribution in [1.82, 2.24) is 4.98 Å². The smallest absolute Gasteiger partial charge is 0.486 e. The van der Waals surface area contributed by atoms with Gasteiger partial charge in [0, 0.05) is 15.9 Å². The Morgan fingerprint density at radius 1 is 1.16 bits per heavy atom. The van der Waals surface area contributed by atoms with Gasteiger partial charge >= 0.3 is 7.12 Å². The third-order valence-electron chi connectivity index (χ3n) is 4.64. The van der Waals surface area contributed by atoms with E-state index in [0.29, 0.717) is 21.4 Å². The van der Waals surface area contributed by atoms with Crippen molar-refractivity contribution in [3.05, 3.63) is 29.4 Å². The molecule has 0 unspecified atom stereocenters. The fourth-order valence-corrected chi connectivity index (χ4v) is 2.84. The summed E-state index contributed by atoms with van der Waals surface area (Å²) < 4.78 is 41.8. The number of alkyl halides is 2. The molecule has 1 aromatic heterocycles. The van der Waals surface area contributed by atoms with Gasteiger partial charge in [0.2, 0.25) is 0 Å². The number of nitrogens with zero attached hydrogens (tertiary/aromatic N) is 1. The molecule has 1 aliphatic rings. The van der Waals surface area contributed by atoms with E-state index in [9.17, 15) is 8.78 Å². The molecule has 1 aliphatic heterocycles. The summed E-state index contributed by atoms with van der Waals surface area (Å²) in [5.74, 6) is 0.259. The normalized spacial score (nSPS) is 19.0. The standard InChI is InChI=1S/C17H19BClF2NO3/c1-16(2)17(3,4)25-18(24-16)13-7-11(19)5-10-6-12(8-22-15(10)13)23-9-14(20)21/h5-8,14H,9H2,1-4H3. The first-order valence-corrected chi connectivity index (χ1v) is 8.33. The molecule has 0 aliphatic carbocycles. The Hall–Kier alpha value is -1.44. The highest BCUT2D eigenvalue weighted by Crippen LogP contribution is 2.37. The van der Waals surface area contributed by atoms with Crippen LogP contribution in [0.5, 0.6) is 5.75 Å². The monoisotopic (exact) mass is 369 g/mol. The Morgan fingerprint density at radius 3 is 2.40 bits per heavy atom. The van der Waals surface area contributed by atoms with Crippen molar-refractivity contribution in [3.8, 4) is 5.75 Å². The Kier molecular flexibility index (Phi) is 4.68. The van der Waals surface area contributed by atoms with Gasteiger partial charge in [-0.1, -0.05) is 11.6 Å². The molecule has 1 fully saturated rings. The molecule has 0 spiro atoms. The van der Waals surface area contributed by atoms with E-state index in [1.54, 1.807) is 18.2 Å². The van der Waals surface area contributed by atoms with Gasteiger partial charge in [0.15, 0.2) is 0 Å². The van der Waals surface area contributed by atoms with E-state index in [0.717, 1.165) is 0 Å². The van der Waals surface area contributed by atoms with Gasteiger partial charge in [0.1, 0.15) is 12.4 Å². The number of hydrogen-bond donors (Lipinski definition) is 0. The summed E-state index contributed by atoms with van der Waals surface area (Å²) in [6.07, 6.45) is -1.14. The number of rotatable bonds is 4. The molecule has 25 heavy (non-hydrogen) atoms. The predicted octanol–water partition coefficient (Wildman–Crippen LogP) is 3.83. The van der Waals surface area contributed by atoms with Crippen LogP contribution < -0.4 is 10.2 Å². The van der Waals surface area contributed by atoms with E-state index < -0.39 is 31.4 Å². The molecule has 0 N–H and O–H groups in total. The van der Waals surface area contributed by atoms with Crippen LogP contribution >= 0.6 is 11.6 Å². The number of benzene rings is 1. The largest absolute Gasteiger partial charge is 0.497 e. The summed E-state index contributed by atoms with van der Waals surface area (Å²) in [7, 11) is -0.619. The Morgan fingerprint density at radius 2 is 1.80 bits per heavy atom. The fourth-order valence-electron chi connectivity index (χ4n) is 2.61. The second kappa shape index (κ2) is 6.38. The molecule has 2 aromatic rings. The summed E-state index contributed by atoms with van der Waals surface area (Å²) in [5.41, 5.74) is 0.341. The second-order valence-electron chi connectivity index (χ2n) is 7.03. The van der Waals surface area contributed by atoms with Crippen molar-refractivity contribution >= 4 is 35.1 Å². The summed E-state index contributed by atoms with van der Waals surface area (Å²) in [5, 5.41) is 1.15. The quantitative estimate of drug-likeness (QED) is 0.768. The van der Waals surface area contributed by atoms with Crippen molar-refractivity contribution in [2.24, 2.45) is 0 Å². The van der Waals surface area contributed by atoms with E-state index in [4.69, 9.17) is 25.6 Å². The predicted molar refractivity (Wildman–Crippen MR) is 94.0 cm³/mol. The van der Waals surface area contributed by atoms with Crippen LogP contribution in [-0.4, -0.2) is 36.3 Å². The molecule has 134 valence electrons. The number of ether oxygens (including phenoxy) is 1. The molecule has 8 heteroatoms. The van der Waals surface area contributed by atoms with Crippen LogP contribution in [0.4, 0.5) is 8.78 Å². The summed E-state index contributed by atoms with van der Waals surface area (Å²) in [4.78, 5) is 4.35. The maximum Gasteiger partial charge on any atom is 0.497 e. The average molecular weight is 370 g/mol. The van der Waals surface area contributed by atoms with Gasteiger partial charge in [-0.25, -0.2) is 8.78 Å². The molecule has 0 amide bonds. The molecule has 0 radical (unpaired) electrons. The lowest BCUT2D eigenvalue weighted by Crippen LogP contribution is -2.41. The van der Waals surface area contributed by atoms with Gasteiger partial charge in [-0.05, 0) is 45.9 Å². The minimum absolute atomic E-state index is 0.259. The number of pyridine rings is 1. The molecule has 0 saturated carbocycles. The van der Waals surface area contributed by atoms with Crippen molar-refractivity contribution < 1.29 is 22.8 Å². The number of fused-ring (bicyclic) bond motifs is 1. The first-order valence-electron chi connectivity index (χ1n) is 7.95. The second-order valence-corrected chi connectivity index (χ2v) is 7.46. The lowest BCUT2D eigenvalue weighted by molar-refractivity contribution is 0.00578. The van der Waals surface area contributed by atoms with Crippen LogP contribution in [0.1, 0.15) is 27.7 Å². The minimum atomic E-state index is -2.55. The number of hydrogen-bond acceptors (Lipinski definition) is 4. The van der Waals surface area contributed by atoms with Gasteiger partial charge < -0.3 is 14.0 Å². The van der Waals surface area contributed by atoms with Crippen LogP contribution in [0.15, 0.2) is 24.4 Å². The zero-order chi connectivity index (χ0) is 18.4. The summed E-state index contributed by atoms with van der Waals surface area (Å²) in [6.45, 7) is 7.16. The Labute approximate surface area is 150 Å². The SMILES string of the molecule is CC1(C)OB(c2cc(Cl)cc3cc(OCC(F)F)cnc23)OC1(C)C. The van der Waals surface area contributed by atoms with Crippen LogP contribution in [0.2, 0.25) is 5.02 Å². The molecule has 1 saturated heterocycles. The summed E-state index contributed by atoms with van der Waals surface area (Å²) in [6, 6.07) is 5.08. The zero-order valence-corrected chi connectivity index (χ0v) is 15.2. The summed E-state index contributed by atoms with van der Waals surface area (Å²) >= 11 is 6.22. The van der Waals surface area contributed by atoms with Gasteiger partial charge in [-0.15, -0.1) is 0 Å². The Balaban J connectivity index is 1.99. The van der Waals surface area contributed by atoms with Gasteiger partial charge in [0.25, 0.3) is 6.43 Å². The lowest BCUT2D eigenvalue weighted by atomic mass is 9.77. The van der Waals surface area contributed by atoms with E-state index in [1.165, 1.54) is 6.20 Å². The van der Waals surface area contributed by atoms with E-state index >= 15 is 0 Å². The molecular weight excluding hydrogens is 350 g/mol. The van der Waals surface area contributed by atoms with E-state index in [-0.39, 0.29) is 5.75 Å². The van der Waals surface area contributed by atoms with Crippen LogP contribution in [0.3, 0.4) is 0 Å². The average Bonchev–Trinajstić information content (AvgIpc) is 2.72. The highest BCUT2D eigenvalue weighted by molar-refractivity contribution is 6.65. The maximum atomic E-state index is 12.3. The van der Waals surface area contributed by atoms with Crippen LogP contribution in [0.25, 0.3) is 10.9 Å². The van der Waals surface area contributed by atoms with Crippen LogP contribution in [-0.2, 0) is 9.31 Å². The van der Waals surface area contributed by atoms with E-state index in [2.05, 4.69) is 4.98 Å². The number of aromatic nitrogens is 1. The van der Waals surface area contributed by atoms with Gasteiger partial charge in [-0.2, -0.15) is 0 Å². The van der Waals surface area contributed by atoms with Crippen molar-refractivity contribution in [1.29, 1.82) is 0 Å². The minimum Gasteiger partial charge on any atom is -0.486 e. The first kappa shape index (κ1) is 18.4. The van der Waals surface area contributed by atoms with Crippen molar-refractivity contribution in [3.63, 3.8) is 0 Å². The first-order chi connectivity index (χ1) is 11.6. The van der Waals surface area contributed by atoms with Crippen LogP contribution in [0, 0.1) is 0 Å². The van der Waals surface area contributed by atoms with Gasteiger partial charge in [0.05, 0.1) is 22.9 Å².